The minimum Gasteiger partial charge on any atom is -0.372 e. The first-order valence-electron chi connectivity index (χ1n) is 8.84. The highest BCUT2D eigenvalue weighted by Gasteiger charge is 2.18. The summed E-state index contributed by atoms with van der Waals surface area (Å²) in [5.74, 6) is -0.151. The van der Waals surface area contributed by atoms with E-state index in [-0.39, 0.29) is 5.91 Å². The predicted molar refractivity (Wildman–Crippen MR) is 108 cm³/mol. The number of aryl methyl sites for hydroxylation is 2. The van der Waals surface area contributed by atoms with Crippen molar-refractivity contribution in [3.63, 3.8) is 0 Å². The zero-order valence-corrected chi connectivity index (χ0v) is 16.5. The lowest BCUT2D eigenvalue weighted by molar-refractivity contribution is 0.102. The molecule has 0 unspecified atom stereocenters. The van der Waals surface area contributed by atoms with Crippen LogP contribution in [0.2, 0.25) is 0 Å². The van der Waals surface area contributed by atoms with Crippen molar-refractivity contribution in [2.45, 2.75) is 26.7 Å². The van der Waals surface area contributed by atoms with Crippen molar-refractivity contribution in [3.05, 3.63) is 58.0 Å². The molecule has 0 atom stereocenters. The molecule has 3 heterocycles. The quantitative estimate of drug-likeness (QED) is 0.685. The monoisotopic (exact) mass is 412 g/mol. The van der Waals surface area contributed by atoms with Crippen LogP contribution < -0.4 is 10.2 Å². The molecule has 0 spiro atoms. The van der Waals surface area contributed by atoms with Crippen LogP contribution in [-0.4, -0.2) is 28.4 Å². The smallest absolute Gasteiger partial charge is 0.274 e. The van der Waals surface area contributed by atoms with Crippen LogP contribution in [0.25, 0.3) is 5.65 Å². The van der Waals surface area contributed by atoms with Gasteiger partial charge in [-0.25, -0.2) is 4.98 Å². The molecule has 0 radical (unpaired) electrons. The van der Waals surface area contributed by atoms with Gasteiger partial charge in [-0.3, -0.25) is 9.20 Å². The van der Waals surface area contributed by atoms with E-state index in [1.807, 2.05) is 42.6 Å². The Hall–Kier alpha value is -2.34. The molecule has 1 amide bonds. The second kappa shape index (κ2) is 6.76. The molecular weight excluding hydrogens is 392 g/mol. The Kier molecular flexibility index (Phi) is 4.44. The van der Waals surface area contributed by atoms with Gasteiger partial charge in [0, 0.05) is 35.1 Å². The maximum atomic E-state index is 12.9. The highest BCUT2D eigenvalue weighted by molar-refractivity contribution is 9.10. The van der Waals surface area contributed by atoms with Crippen molar-refractivity contribution < 1.29 is 4.79 Å². The van der Waals surface area contributed by atoms with Gasteiger partial charge < -0.3 is 10.2 Å². The van der Waals surface area contributed by atoms with Crippen LogP contribution in [0.3, 0.4) is 0 Å². The second-order valence-corrected chi connectivity index (χ2v) is 7.69. The van der Waals surface area contributed by atoms with Crippen LogP contribution in [-0.2, 0) is 0 Å². The van der Waals surface area contributed by atoms with E-state index in [0.717, 1.165) is 40.2 Å². The summed E-state index contributed by atoms with van der Waals surface area (Å²) in [4.78, 5) is 19.8. The number of benzene rings is 1. The van der Waals surface area contributed by atoms with Crippen molar-refractivity contribution in [1.82, 2.24) is 9.38 Å². The number of nitrogens with zero attached hydrogens (tertiary/aromatic N) is 3. The van der Waals surface area contributed by atoms with Gasteiger partial charge in [0.05, 0.1) is 5.69 Å². The van der Waals surface area contributed by atoms with Crippen LogP contribution in [0, 0.1) is 13.8 Å². The minimum absolute atomic E-state index is 0.151. The fourth-order valence-corrected chi connectivity index (χ4v) is 4.12. The Morgan fingerprint density at radius 1 is 1.15 bits per heavy atom. The number of anilines is 2. The summed E-state index contributed by atoms with van der Waals surface area (Å²) < 4.78 is 2.77. The van der Waals surface area contributed by atoms with Crippen molar-refractivity contribution in [2.24, 2.45) is 0 Å². The van der Waals surface area contributed by atoms with Crippen molar-refractivity contribution in [1.29, 1.82) is 0 Å². The molecule has 0 saturated carbocycles. The fraction of sp³-hybridized carbons (Fsp3) is 0.300. The number of hydrogen-bond acceptors (Lipinski definition) is 3. The van der Waals surface area contributed by atoms with Gasteiger partial charge in [0.15, 0.2) is 0 Å². The van der Waals surface area contributed by atoms with E-state index in [1.54, 1.807) is 0 Å². The maximum absolute atomic E-state index is 12.9. The summed E-state index contributed by atoms with van der Waals surface area (Å²) in [6, 6.07) is 10.1. The number of imidazole rings is 1. The van der Waals surface area contributed by atoms with Gasteiger partial charge >= 0.3 is 0 Å². The zero-order valence-electron chi connectivity index (χ0n) is 14.9. The largest absolute Gasteiger partial charge is 0.372 e. The normalized spacial score (nSPS) is 14.2. The average molecular weight is 413 g/mol. The van der Waals surface area contributed by atoms with Crippen LogP contribution >= 0.6 is 15.9 Å². The van der Waals surface area contributed by atoms with E-state index in [4.69, 9.17) is 0 Å². The topological polar surface area (TPSA) is 49.6 Å². The Morgan fingerprint density at radius 2 is 1.85 bits per heavy atom. The number of hydrogen-bond donors (Lipinski definition) is 1. The van der Waals surface area contributed by atoms with Crippen molar-refractivity contribution >= 4 is 38.9 Å². The van der Waals surface area contributed by atoms with Gasteiger partial charge in [-0.2, -0.15) is 0 Å². The van der Waals surface area contributed by atoms with Gasteiger partial charge in [0.2, 0.25) is 0 Å². The summed E-state index contributed by atoms with van der Waals surface area (Å²) in [5.41, 5.74) is 5.12. The number of carbonyl (C=O) groups excluding carboxylic acids is 1. The summed E-state index contributed by atoms with van der Waals surface area (Å²) in [6.07, 6.45) is 4.38. The zero-order chi connectivity index (χ0) is 18.3. The molecule has 0 aliphatic carbocycles. The number of fused-ring (bicyclic) bond motifs is 1. The highest BCUT2D eigenvalue weighted by Crippen LogP contribution is 2.24. The number of rotatable bonds is 3. The van der Waals surface area contributed by atoms with E-state index in [0.29, 0.717) is 5.69 Å². The standard InChI is InChI=1S/C20H21BrN4O/c1-13-11-15(21)12-25-18(14(2)22-19(13)25)20(26)23-16-5-7-17(8-6-16)24-9-3-4-10-24/h5-8,11-12H,3-4,9-10H2,1-2H3,(H,23,26). The van der Waals surface area contributed by atoms with Crippen molar-refractivity contribution in [3.8, 4) is 0 Å². The molecule has 6 heteroatoms. The molecule has 0 bridgehead atoms. The van der Waals surface area contributed by atoms with E-state index < -0.39 is 0 Å². The minimum atomic E-state index is -0.151. The van der Waals surface area contributed by atoms with E-state index >= 15 is 0 Å². The number of pyridine rings is 1. The molecule has 5 nitrogen and oxygen atoms in total. The molecule has 2 aromatic heterocycles. The lowest BCUT2D eigenvalue weighted by Crippen LogP contribution is -2.18. The van der Waals surface area contributed by atoms with E-state index in [2.05, 4.69) is 43.3 Å². The Morgan fingerprint density at radius 3 is 2.54 bits per heavy atom. The number of carbonyl (C=O) groups is 1. The van der Waals surface area contributed by atoms with Crippen LogP contribution in [0.1, 0.15) is 34.6 Å². The third kappa shape index (κ3) is 3.09. The van der Waals surface area contributed by atoms with Gasteiger partial charge in [-0.1, -0.05) is 0 Å². The van der Waals surface area contributed by atoms with Crippen LogP contribution in [0.15, 0.2) is 41.0 Å². The molecule has 1 fully saturated rings. The molecule has 26 heavy (non-hydrogen) atoms. The average Bonchev–Trinajstić information content (AvgIpc) is 3.23. The number of amides is 1. The number of halogens is 1. The molecule has 3 aromatic rings. The molecule has 1 N–H and O–H groups in total. The first-order chi connectivity index (χ1) is 12.5. The summed E-state index contributed by atoms with van der Waals surface area (Å²) in [7, 11) is 0. The molecule has 1 aliphatic rings. The first kappa shape index (κ1) is 17.1. The Balaban J connectivity index is 1.60. The fourth-order valence-electron chi connectivity index (χ4n) is 3.58. The molecule has 134 valence electrons. The third-order valence-corrected chi connectivity index (χ3v) is 5.29. The summed E-state index contributed by atoms with van der Waals surface area (Å²) >= 11 is 3.50. The summed E-state index contributed by atoms with van der Waals surface area (Å²) in [6.45, 7) is 6.08. The van der Waals surface area contributed by atoms with E-state index in [9.17, 15) is 4.79 Å². The Bertz CT molecular complexity index is 972. The maximum Gasteiger partial charge on any atom is 0.274 e. The molecule has 1 aromatic carbocycles. The Labute approximate surface area is 161 Å². The number of nitrogens with one attached hydrogen (secondary N) is 1. The van der Waals surface area contributed by atoms with Gasteiger partial charge in [0.25, 0.3) is 5.91 Å². The molecule has 1 aliphatic heterocycles. The van der Waals surface area contributed by atoms with Crippen molar-refractivity contribution in [2.75, 3.05) is 23.3 Å². The highest BCUT2D eigenvalue weighted by atomic mass is 79.9. The lowest BCUT2D eigenvalue weighted by Gasteiger charge is -2.17. The second-order valence-electron chi connectivity index (χ2n) is 6.78. The summed E-state index contributed by atoms with van der Waals surface area (Å²) in [5, 5.41) is 3.00. The molecule has 1 saturated heterocycles. The molecule has 4 rings (SSSR count). The third-order valence-electron chi connectivity index (χ3n) is 4.86. The first-order valence-corrected chi connectivity index (χ1v) is 9.63. The van der Waals surface area contributed by atoms with Gasteiger partial charge in [-0.15, -0.1) is 0 Å². The molecular formula is C20H21BrN4O. The predicted octanol–water partition coefficient (Wildman–Crippen LogP) is 4.57. The number of aromatic nitrogens is 2. The van der Waals surface area contributed by atoms with E-state index in [1.165, 1.54) is 18.5 Å². The lowest BCUT2D eigenvalue weighted by atomic mass is 10.2. The van der Waals surface area contributed by atoms with Gasteiger partial charge in [0.1, 0.15) is 11.3 Å². The SMILES string of the molecule is Cc1nc2c(C)cc(Br)cn2c1C(=O)Nc1ccc(N2CCCC2)cc1. The van der Waals surface area contributed by atoms with Gasteiger partial charge in [-0.05, 0) is 78.5 Å². The van der Waals surface area contributed by atoms with Crippen LogP contribution in [0.5, 0.6) is 0 Å². The van der Waals surface area contributed by atoms with Crippen LogP contribution in [0.4, 0.5) is 11.4 Å².